The number of nitrogens with one attached hydrogen (secondary N) is 2. The van der Waals surface area contributed by atoms with Crippen LogP contribution in [0.5, 0.6) is 0 Å². The fourth-order valence-electron chi connectivity index (χ4n) is 2.64. The van der Waals surface area contributed by atoms with Crippen LogP contribution in [-0.2, 0) is 6.54 Å². The second kappa shape index (κ2) is 7.09. The Labute approximate surface area is 131 Å². The van der Waals surface area contributed by atoms with Gasteiger partial charge in [0.1, 0.15) is 0 Å². The van der Waals surface area contributed by atoms with E-state index in [9.17, 15) is 4.79 Å². The van der Waals surface area contributed by atoms with Gasteiger partial charge in [-0.2, -0.15) is 0 Å². The minimum absolute atomic E-state index is 0.152. The number of benzene rings is 2. The Balaban J connectivity index is 1.52. The first-order valence-corrected chi connectivity index (χ1v) is 7.75. The van der Waals surface area contributed by atoms with Gasteiger partial charge in [-0.05, 0) is 42.7 Å². The maximum absolute atomic E-state index is 12.3. The van der Waals surface area contributed by atoms with Crippen LogP contribution in [-0.4, -0.2) is 23.9 Å². The highest BCUT2D eigenvalue weighted by Crippen LogP contribution is 2.13. The summed E-state index contributed by atoms with van der Waals surface area (Å²) < 4.78 is 0. The van der Waals surface area contributed by atoms with Gasteiger partial charge in [0.2, 0.25) is 0 Å². The summed E-state index contributed by atoms with van der Waals surface area (Å²) in [5.41, 5.74) is 9.28. The molecule has 1 amide bonds. The van der Waals surface area contributed by atoms with Gasteiger partial charge in [0.25, 0.3) is 5.91 Å². The number of carbonyl (C=O) groups excluding carboxylic acids is 1. The van der Waals surface area contributed by atoms with E-state index < -0.39 is 0 Å². The summed E-state index contributed by atoms with van der Waals surface area (Å²) in [4.78, 5) is 14.2. The SMILES string of the molecule is O=C(c1ccc(CNNc2ccccc2)cc1)N1CCCC1. The van der Waals surface area contributed by atoms with Crippen molar-refractivity contribution in [3.8, 4) is 0 Å². The predicted molar refractivity (Wildman–Crippen MR) is 88.5 cm³/mol. The topological polar surface area (TPSA) is 44.4 Å². The summed E-state index contributed by atoms with van der Waals surface area (Å²) >= 11 is 0. The quantitative estimate of drug-likeness (QED) is 0.833. The Morgan fingerprint density at radius 1 is 0.955 bits per heavy atom. The molecule has 2 aromatic carbocycles. The normalized spacial score (nSPS) is 14.1. The molecule has 1 fully saturated rings. The number of carbonyl (C=O) groups is 1. The molecule has 4 nitrogen and oxygen atoms in total. The summed E-state index contributed by atoms with van der Waals surface area (Å²) in [7, 11) is 0. The lowest BCUT2D eigenvalue weighted by atomic mass is 10.1. The summed E-state index contributed by atoms with van der Waals surface area (Å²) in [6, 6.07) is 17.8. The van der Waals surface area contributed by atoms with Crippen LogP contribution >= 0.6 is 0 Å². The van der Waals surface area contributed by atoms with E-state index in [1.807, 2.05) is 59.5 Å². The van der Waals surface area contributed by atoms with Crippen LogP contribution in [0.2, 0.25) is 0 Å². The van der Waals surface area contributed by atoms with Crippen molar-refractivity contribution in [1.29, 1.82) is 0 Å². The van der Waals surface area contributed by atoms with Gasteiger partial charge < -0.3 is 10.3 Å². The number of para-hydroxylation sites is 1. The molecule has 3 rings (SSSR count). The number of amides is 1. The fourth-order valence-corrected chi connectivity index (χ4v) is 2.64. The van der Waals surface area contributed by atoms with Crippen molar-refractivity contribution in [2.24, 2.45) is 0 Å². The van der Waals surface area contributed by atoms with E-state index in [2.05, 4.69) is 10.9 Å². The van der Waals surface area contributed by atoms with Crippen molar-refractivity contribution >= 4 is 11.6 Å². The molecule has 1 aliphatic rings. The molecule has 0 bridgehead atoms. The number of nitrogens with zero attached hydrogens (tertiary/aromatic N) is 1. The molecule has 114 valence electrons. The Bertz CT molecular complexity index is 604. The van der Waals surface area contributed by atoms with Gasteiger partial charge in [-0.15, -0.1) is 0 Å². The van der Waals surface area contributed by atoms with E-state index in [1.165, 1.54) is 0 Å². The van der Waals surface area contributed by atoms with Gasteiger partial charge in [-0.3, -0.25) is 4.79 Å². The third-order valence-electron chi connectivity index (χ3n) is 3.89. The number of anilines is 1. The van der Waals surface area contributed by atoms with Crippen LogP contribution < -0.4 is 10.9 Å². The maximum atomic E-state index is 12.3. The smallest absolute Gasteiger partial charge is 0.253 e. The number of hydrogen-bond donors (Lipinski definition) is 2. The lowest BCUT2D eigenvalue weighted by Gasteiger charge is -2.15. The van der Waals surface area contributed by atoms with E-state index in [1.54, 1.807) is 0 Å². The Kier molecular flexibility index (Phi) is 4.71. The molecule has 1 heterocycles. The number of rotatable bonds is 5. The van der Waals surface area contributed by atoms with Crippen molar-refractivity contribution in [3.63, 3.8) is 0 Å². The van der Waals surface area contributed by atoms with Crippen molar-refractivity contribution in [2.45, 2.75) is 19.4 Å². The highest BCUT2D eigenvalue weighted by Gasteiger charge is 2.18. The third kappa shape index (κ3) is 3.65. The van der Waals surface area contributed by atoms with Crippen molar-refractivity contribution in [3.05, 3.63) is 65.7 Å². The average molecular weight is 295 g/mol. The molecule has 0 aliphatic carbocycles. The average Bonchev–Trinajstić information content (AvgIpc) is 3.10. The fraction of sp³-hybridized carbons (Fsp3) is 0.278. The van der Waals surface area contributed by atoms with Crippen LogP contribution in [0.1, 0.15) is 28.8 Å². The minimum Gasteiger partial charge on any atom is -0.339 e. The highest BCUT2D eigenvalue weighted by molar-refractivity contribution is 5.94. The van der Waals surface area contributed by atoms with Crippen molar-refractivity contribution < 1.29 is 4.79 Å². The van der Waals surface area contributed by atoms with Gasteiger partial charge in [0.15, 0.2) is 0 Å². The molecule has 0 spiro atoms. The second-order valence-corrected chi connectivity index (χ2v) is 5.54. The maximum Gasteiger partial charge on any atom is 0.253 e. The van der Waals surface area contributed by atoms with E-state index >= 15 is 0 Å². The summed E-state index contributed by atoms with van der Waals surface area (Å²) in [6.07, 6.45) is 2.25. The van der Waals surface area contributed by atoms with Gasteiger partial charge in [-0.1, -0.05) is 30.3 Å². The lowest BCUT2D eigenvalue weighted by molar-refractivity contribution is 0.0793. The van der Waals surface area contributed by atoms with E-state index in [-0.39, 0.29) is 5.91 Å². The molecule has 4 heteroatoms. The molecule has 0 atom stereocenters. The van der Waals surface area contributed by atoms with Crippen LogP contribution in [0.25, 0.3) is 0 Å². The molecule has 1 aliphatic heterocycles. The number of hydrogen-bond acceptors (Lipinski definition) is 3. The number of hydrazine groups is 1. The van der Waals surface area contributed by atoms with E-state index in [0.717, 1.165) is 42.7 Å². The molecule has 0 aromatic heterocycles. The van der Waals surface area contributed by atoms with Gasteiger partial charge in [-0.25, -0.2) is 5.43 Å². The molecule has 2 aromatic rings. The molecule has 1 saturated heterocycles. The van der Waals surface area contributed by atoms with Crippen molar-refractivity contribution in [1.82, 2.24) is 10.3 Å². The molecule has 0 unspecified atom stereocenters. The minimum atomic E-state index is 0.152. The van der Waals surface area contributed by atoms with Crippen molar-refractivity contribution in [2.75, 3.05) is 18.5 Å². The summed E-state index contributed by atoms with van der Waals surface area (Å²) in [6.45, 7) is 2.49. The first-order valence-electron chi connectivity index (χ1n) is 7.75. The lowest BCUT2D eigenvalue weighted by Crippen LogP contribution is -2.27. The van der Waals surface area contributed by atoms with Gasteiger partial charge in [0, 0.05) is 30.9 Å². The number of likely N-dealkylation sites (tertiary alicyclic amines) is 1. The monoisotopic (exact) mass is 295 g/mol. The molecule has 22 heavy (non-hydrogen) atoms. The van der Waals surface area contributed by atoms with Gasteiger partial charge in [0.05, 0.1) is 0 Å². The second-order valence-electron chi connectivity index (χ2n) is 5.54. The Hall–Kier alpha value is -2.33. The summed E-state index contributed by atoms with van der Waals surface area (Å²) in [5.74, 6) is 0.152. The van der Waals surface area contributed by atoms with Crippen LogP contribution in [0.4, 0.5) is 5.69 Å². The van der Waals surface area contributed by atoms with Crippen LogP contribution in [0.3, 0.4) is 0 Å². The van der Waals surface area contributed by atoms with E-state index in [0.29, 0.717) is 6.54 Å². The van der Waals surface area contributed by atoms with Crippen LogP contribution in [0.15, 0.2) is 54.6 Å². The van der Waals surface area contributed by atoms with E-state index in [4.69, 9.17) is 0 Å². The highest BCUT2D eigenvalue weighted by atomic mass is 16.2. The van der Waals surface area contributed by atoms with Crippen LogP contribution in [0, 0.1) is 0 Å². The first-order chi connectivity index (χ1) is 10.8. The van der Waals surface area contributed by atoms with Gasteiger partial charge >= 0.3 is 0 Å². The molecule has 0 radical (unpaired) electrons. The summed E-state index contributed by atoms with van der Waals surface area (Å²) in [5, 5.41) is 0. The molecule has 2 N–H and O–H groups in total. The molecular formula is C18H21N3O. The zero-order chi connectivity index (χ0) is 15.2. The molecule has 0 saturated carbocycles. The standard InChI is InChI=1S/C18H21N3O/c22-18(21-12-4-5-13-21)16-10-8-15(9-11-16)14-19-20-17-6-2-1-3-7-17/h1-3,6-11,19-20H,4-5,12-14H2. The largest absolute Gasteiger partial charge is 0.339 e. The Morgan fingerprint density at radius 3 is 2.32 bits per heavy atom. The Morgan fingerprint density at radius 2 is 1.64 bits per heavy atom. The predicted octanol–water partition coefficient (Wildman–Crippen LogP) is 3.04. The third-order valence-corrected chi connectivity index (χ3v) is 3.89. The zero-order valence-corrected chi connectivity index (χ0v) is 12.6. The zero-order valence-electron chi connectivity index (χ0n) is 12.6. The molecular weight excluding hydrogens is 274 g/mol. The first kappa shape index (κ1) is 14.6.